The minimum absolute atomic E-state index is 0.214. The van der Waals surface area contributed by atoms with Gasteiger partial charge in [-0.3, -0.25) is 4.79 Å². The topological polar surface area (TPSA) is 80.0 Å². The van der Waals surface area contributed by atoms with Crippen molar-refractivity contribution in [1.29, 1.82) is 0 Å². The lowest BCUT2D eigenvalue weighted by molar-refractivity contribution is 0.102. The molecule has 4 rings (SSSR count). The van der Waals surface area contributed by atoms with Gasteiger partial charge in [-0.25, -0.2) is 4.98 Å². The van der Waals surface area contributed by atoms with E-state index in [-0.39, 0.29) is 17.8 Å². The smallest absolute Gasteiger partial charge is 0.255 e. The van der Waals surface area contributed by atoms with E-state index in [9.17, 15) is 4.79 Å². The number of hydrogen-bond donors (Lipinski definition) is 3. The second-order valence-corrected chi connectivity index (χ2v) is 7.31. The van der Waals surface area contributed by atoms with Gasteiger partial charge in [0.15, 0.2) is 0 Å². The van der Waals surface area contributed by atoms with E-state index in [0.29, 0.717) is 22.1 Å². The van der Waals surface area contributed by atoms with Crippen LogP contribution < -0.4 is 16.4 Å². The highest BCUT2D eigenvalue weighted by Crippen LogP contribution is 2.32. The van der Waals surface area contributed by atoms with Crippen LogP contribution in [0.5, 0.6) is 0 Å². The van der Waals surface area contributed by atoms with Crippen LogP contribution >= 0.6 is 11.6 Å². The first-order chi connectivity index (χ1) is 13.6. The number of rotatable bonds is 4. The first-order valence-electron chi connectivity index (χ1n) is 9.28. The van der Waals surface area contributed by atoms with Crippen LogP contribution in [0.4, 0.5) is 17.3 Å². The summed E-state index contributed by atoms with van der Waals surface area (Å²) in [5.41, 5.74) is 9.76. The quantitative estimate of drug-likeness (QED) is 0.579. The zero-order chi connectivity index (χ0) is 19.5. The van der Waals surface area contributed by atoms with Gasteiger partial charge < -0.3 is 16.4 Å². The molecule has 4 N–H and O–H groups in total. The molecule has 1 atom stereocenters. The van der Waals surface area contributed by atoms with E-state index in [4.69, 9.17) is 17.3 Å². The molecular weight excluding hydrogens is 372 g/mol. The largest absolute Gasteiger partial charge is 0.382 e. The van der Waals surface area contributed by atoms with E-state index >= 15 is 0 Å². The lowest BCUT2D eigenvalue weighted by Gasteiger charge is -2.27. The van der Waals surface area contributed by atoms with Gasteiger partial charge in [0.1, 0.15) is 11.6 Å². The molecule has 0 saturated carbocycles. The maximum absolute atomic E-state index is 12.4. The Hall–Kier alpha value is -3.05. The number of fused-ring (bicyclic) bond motifs is 1. The highest BCUT2D eigenvalue weighted by Gasteiger charge is 2.20. The Kier molecular flexibility index (Phi) is 5.17. The first-order valence-corrected chi connectivity index (χ1v) is 9.66. The number of amides is 1. The van der Waals surface area contributed by atoms with Crippen molar-refractivity contribution in [3.8, 4) is 0 Å². The molecule has 1 aromatic heterocycles. The van der Waals surface area contributed by atoms with Crippen molar-refractivity contribution < 1.29 is 4.79 Å². The summed E-state index contributed by atoms with van der Waals surface area (Å²) in [6.45, 7) is 0. The van der Waals surface area contributed by atoms with Gasteiger partial charge >= 0.3 is 0 Å². The number of hydrogen-bond acceptors (Lipinski definition) is 4. The molecule has 1 aliphatic carbocycles. The summed E-state index contributed by atoms with van der Waals surface area (Å²) in [5, 5.41) is 6.85. The summed E-state index contributed by atoms with van der Waals surface area (Å²) in [5.74, 6) is 0.715. The van der Waals surface area contributed by atoms with Crippen molar-refractivity contribution in [2.75, 3.05) is 16.4 Å². The van der Waals surface area contributed by atoms with Crippen molar-refractivity contribution in [3.05, 3.63) is 82.4 Å². The fourth-order valence-electron chi connectivity index (χ4n) is 3.54. The normalized spacial score (nSPS) is 15.5. The molecule has 6 heteroatoms. The molecule has 0 saturated heterocycles. The molecule has 0 fully saturated rings. The molecule has 28 heavy (non-hydrogen) atoms. The molecule has 2 aromatic carbocycles. The zero-order valence-corrected chi connectivity index (χ0v) is 16.0. The van der Waals surface area contributed by atoms with Gasteiger partial charge in [-0.15, -0.1) is 0 Å². The van der Waals surface area contributed by atoms with Crippen LogP contribution in [0.25, 0.3) is 0 Å². The van der Waals surface area contributed by atoms with E-state index < -0.39 is 0 Å². The number of carbonyl (C=O) groups is 1. The van der Waals surface area contributed by atoms with E-state index in [1.54, 1.807) is 30.3 Å². The minimum atomic E-state index is -0.257. The predicted octanol–water partition coefficient (Wildman–Crippen LogP) is 5.06. The molecule has 0 bridgehead atoms. The van der Waals surface area contributed by atoms with Gasteiger partial charge in [0.25, 0.3) is 5.91 Å². The number of nitrogens with zero attached hydrogens (tertiary/aromatic N) is 1. The highest BCUT2D eigenvalue weighted by atomic mass is 35.5. The van der Waals surface area contributed by atoms with Gasteiger partial charge in [0.05, 0.1) is 11.7 Å². The van der Waals surface area contributed by atoms with Crippen LogP contribution in [0, 0.1) is 0 Å². The summed E-state index contributed by atoms with van der Waals surface area (Å²) in [6.07, 6.45) is 3.30. The number of aromatic nitrogens is 1. The third-order valence-electron chi connectivity index (χ3n) is 4.97. The Morgan fingerprint density at radius 1 is 1.07 bits per heavy atom. The lowest BCUT2D eigenvalue weighted by Crippen LogP contribution is -2.18. The molecule has 5 nitrogen and oxygen atoms in total. The van der Waals surface area contributed by atoms with Crippen LogP contribution in [0.2, 0.25) is 5.02 Å². The minimum Gasteiger partial charge on any atom is -0.382 e. The Morgan fingerprint density at radius 2 is 1.86 bits per heavy atom. The molecule has 142 valence electrons. The molecule has 1 unspecified atom stereocenters. The third-order valence-corrected chi connectivity index (χ3v) is 5.22. The molecule has 0 radical (unpaired) electrons. The van der Waals surface area contributed by atoms with E-state index in [1.165, 1.54) is 11.1 Å². The molecule has 1 heterocycles. The Bertz CT molecular complexity index is 1000. The summed E-state index contributed by atoms with van der Waals surface area (Å²) in [6, 6.07) is 19.0. The van der Waals surface area contributed by atoms with E-state index in [0.717, 1.165) is 19.3 Å². The number of pyridine rings is 1. The molecule has 0 spiro atoms. The standard InChI is InChI=1S/C22H21ClN4O/c23-16-10-8-15(9-11-16)22(28)26-19-12-13-20(27-21(19)24)25-18-7-3-5-14-4-1-2-6-17(14)18/h1-2,4,6,8-13,18H,3,5,7H2,(H,26,28)(H3,24,25,27). The predicted molar refractivity (Wildman–Crippen MR) is 114 cm³/mol. The number of anilines is 3. The molecule has 1 aliphatic rings. The Morgan fingerprint density at radius 3 is 2.64 bits per heavy atom. The van der Waals surface area contributed by atoms with Gasteiger partial charge in [-0.2, -0.15) is 0 Å². The third kappa shape index (κ3) is 3.94. The summed E-state index contributed by atoms with van der Waals surface area (Å²) in [4.78, 5) is 16.8. The van der Waals surface area contributed by atoms with Crippen molar-refractivity contribution in [1.82, 2.24) is 4.98 Å². The number of carbonyl (C=O) groups excluding carboxylic acids is 1. The summed E-state index contributed by atoms with van der Waals surface area (Å²) >= 11 is 5.86. The Balaban J connectivity index is 1.48. The molecular formula is C22H21ClN4O. The van der Waals surface area contributed by atoms with Crippen LogP contribution in [-0.4, -0.2) is 10.9 Å². The fourth-order valence-corrected chi connectivity index (χ4v) is 3.67. The Labute approximate surface area is 168 Å². The van der Waals surface area contributed by atoms with Crippen LogP contribution in [0.3, 0.4) is 0 Å². The maximum atomic E-state index is 12.4. The summed E-state index contributed by atoms with van der Waals surface area (Å²) < 4.78 is 0. The first kappa shape index (κ1) is 18.3. The van der Waals surface area contributed by atoms with Gasteiger partial charge in [0, 0.05) is 10.6 Å². The van der Waals surface area contributed by atoms with Crippen molar-refractivity contribution in [2.24, 2.45) is 0 Å². The average Bonchev–Trinajstić information content (AvgIpc) is 2.71. The van der Waals surface area contributed by atoms with Gasteiger partial charge in [-0.05, 0) is 66.8 Å². The van der Waals surface area contributed by atoms with Crippen molar-refractivity contribution in [2.45, 2.75) is 25.3 Å². The lowest BCUT2D eigenvalue weighted by atomic mass is 9.88. The summed E-state index contributed by atoms with van der Waals surface area (Å²) in [7, 11) is 0. The number of aryl methyl sites for hydroxylation is 1. The monoisotopic (exact) mass is 392 g/mol. The molecule has 0 aliphatic heterocycles. The van der Waals surface area contributed by atoms with Gasteiger partial charge in [-0.1, -0.05) is 35.9 Å². The number of nitrogen functional groups attached to an aromatic ring is 1. The van der Waals surface area contributed by atoms with Crippen LogP contribution in [0.15, 0.2) is 60.7 Å². The van der Waals surface area contributed by atoms with E-state index in [1.807, 2.05) is 6.07 Å². The average molecular weight is 393 g/mol. The maximum Gasteiger partial charge on any atom is 0.255 e. The number of nitrogens with two attached hydrogens (primary N) is 1. The molecule has 1 amide bonds. The fraction of sp³-hybridized carbons (Fsp3) is 0.182. The van der Waals surface area contributed by atoms with Crippen LogP contribution in [0.1, 0.15) is 40.4 Å². The van der Waals surface area contributed by atoms with Crippen LogP contribution in [-0.2, 0) is 6.42 Å². The van der Waals surface area contributed by atoms with Crippen molar-refractivity contribution >= 4 is 34.8 Å². The SMILES string of the molecule is Nc1nc(NC2CCCc3ccccc32)ccc1NC(=O)c1ccc(Cl)cc1. The highest BCUT2D eigenvalue weighted by molar-refractivity contribution is 6.30. The van der Waals surface area contributed by atoms with Gasteiger partial charge in [0.2, 0.25) is 0 Å². The number of nitrogens with one attached hydrogen (secondary N) is 2. The second kappa shape index (κ2) is 7.90. The number of halogens is 1. The van der Waals surface area contributed by atoms with Crippen molar-refractivity contribution in [3.63, 3.8) is 0 Å². The molecule has 3 aromatic rings. The zero-order valence-electron chi connectivity index (χ0n) is 15.3. The second-order valence-electron chi connectivity index (χ2n) is 6.88. The number of benzene rings is 2. The van der Waals surface area contributed by atoms with E-state index in [2.05, 4.69) is 39.9 Å².